The summed E-state index contributed by atoms with van der Waals surface area (Å²) < 4.78 is 0. The van der Waals surface area contributed by atoms with E-state index >= 15 is 0 Å². The van der Waals surface area contributed by atoms with Crippen molar-refractivity contribution in [3.8, 4) is 0 Å². The molecule has 1 aromatic rings. The molecule has 0 bridgehead atoms. The van der Waals surface area contributed by atoms with Crippen molar-refractivity contribution < 1.29 is 9.90 Å². The van der Waals surface area contributed by atoms with Crippen LogP contribution in [-0.4, -0.2) is 27.1 Å². The predicted molar refractivity (Wildman–Crippen MR) is 53.3 cm³/mol. The van der Waals surface area contributed by atoms with E-state index in [0.717, 1.165) is 18.5 Å². The van der Waals surface area contributed by atoms with Crippen LogP contribution < -0.4 is 5.73 Å². The summed E-state index contributed by atoms with van der Waals surface area (Å²) in [5.41, 5.74) is 6.70. The number of rotatable bonds is 3. The van der Waals surface area contributed by atoms with Gasteiger partial charge in [-0.15, -0.1) is 0 Å². The number of hydrogen-bond acceptors (Lipinski definition) is 4. The highest BCUT2D eigenvalue weighted by atomic mass is 16.4. The molecule has 0 amide bonds. The normalized spacial score (nSPS) is 19.6. The van der Waals surface area contributed by atoms with Crippen molar-refractivity contribution in [2.45, 2.75) is 31.2 Å². The van der Waals surface area contributed by atoms with Gasteiger partial charge in [-0.3, -0.25) is 14.8 Å². The lowest BCUT2D eigenvalue weighted by molar-refractivity contribution is -0.139. The number of nitrogens with zero attached hydrogens (tertiary/aromatic N) is 2. The minimum Gasteiger partial charge on any atom is -0.480 e. The Morgan fingerprint density at radius 3 is 2.60 bits per heavy atom. The Morgan fingerprint density at radius 2 is 2.20 bits per heavy atom. The second-order valence-electron chi connectivity index (χ2n) is 4.02. The van der Waals surface area contributed by atoms with Crippen LogP contribution in [-0.2, 0) is 10.2 Å². The Labute approximate surface area is 87.4 Å². The van der Waals surface area contributed by atoms with Crippen molar-refractivity contribution in [1.29, 1.82) is 0 Å². The molecule has 0 radical (unpaired) electrons. The summed E-state index contributed by atoms with van der Waals surface area (Å²) in [5, 5.41) is 8.90. The summed E-state index contributed by atoms with van der Waals surface area (Å²) in [5.74, 6) is -0.977. The molecule has 1 atom stereocenters. The first kappa shape index (κ1) is 10.0. The van der Waals surface area contributed by atoms with Crippen LogP contribution in [0.15, 0.2) is 12.4 Å². The van der Waals surface area contributed by atoms with E-state index in [9.17, 15) is 4.79 Å². The summed E-state index contributed by atoms with van der Waals surface area (Å²) in [4.78, 5) is 19.2. The molecular formula is C10H13N3O2. The lowest BCUT2D eigenvalue weighted by Crippen LogP contribution is -2.42. The molecule has 1 aromatic heterocycles. The maximum Gasteiger partial charge on any atom is 0.321 e. The molecule has 1 unspecified atom stereocenters. The van der Waals surface area contributed by atoms with Crippen molar-refractivity contribution in [2.75, 3.05) is 0 Å². The maximum atomic E-state index is 10.9. The van der Waals surface area contributed by atoms with Gasteiger partial charge in [-0.05, 0) is 19.8 Å². The van der Waals surface area contributed by atoms with Crippen molar-refractivity contribution in [3.63, 3.8) is 0 Å². The molecule has 1 heterocycles. The first-order valence-electron chi connectivity index (χ1n) is 4.84. The van der Waals surface area contributed by atoms with E-state index in [2.05, 4.69) is 9.97 Å². The number of hydrogen-bond donors (Lipinski definition) is 2. The molecule has 5 nitrogen and oxygen atoms in total. The van der Waals surface area contributed by atoms with Crippen molar-refractivity contribution in [3.05, 3.63) is 23.8 Å². The highest BCUT2D eigenvalue weighted by Gasteiger charge is 2.53. The minimum atomic E-state index is -0.977. The summed E-state index contributed by atoms with van der Waals surface area (Å²) in [6, 6.07) is -0.880. The van der Waals surface area contributed by atoms with Gasteiger partial charge in [0.05, 0.1) is 11.4 Å². The van der Waals surface area contributed by atoms with Crippen LogP contribution in [0.2, 0.25) is 0 Å². The summed E-state index contributed by atoms with van der Waals surface area (Å²) >= 11 is 0. The number of carbonyl (C=O) groups is 1. The molecule has 80 valence electrons. The number of nitrogens with two attached hydrogens (primary N) is 1. The van der Waals surface area contributed by atoms with Crippen LogP contribution in [0.4, 0.5) is 0 Å². The molecule has 1 fully saturated rings. The fourth-order valence-corrected chi connectivity index (χ4v) is 1.75. The monoisotopic (exact) mass is 207 g/mol. The first-order chi connectivity index (χ1) is 7.06. The standard InChI is InChI=1S/C10H13N3O2/c1-6-4-13-7(5-12-6)10(2-3-10)8(11)9(14)15/h4-5,8H,2-3,11H2,1H3,(H,14,15). The Balaban J connectivity index is 2.30. The number of aryl methyl sites for hydroxylation is 1. The van der Waals surface area contributed by atoms with Gasteiger partial charge < -0.3 is 10.8 Å². The van der Waals surface area contributed by atoms with Crippen LogP contribution in [0.1, 0.15) is 24.2 Å². The predicted octanol–water partition coefficient (Wildman–Crippen LogP) is 0.229. The maximum absolute atomic E-state index is 10.9. The van der Waals surface area contributed by atoms with Gasteiger partial charge >= 0.3 is 5.97 Å². The van der Waals surface area contributed by atoms with Crippen LogP contribution in [0.25, 0.3) is 0 Å². The number of carboxylic acid groups (broad SMARTS) is 1. The second kappa shape index (κ2) is 3.27. The van der Waals surface area contributed by atoms with Crippen LogP contribution >= 0.6 is 0 Å². The minimum absolute atomic E-state index is 0.480. The summed E-state index contributed by atoms with van der Waals surface area (Å²) in [6.07, 6.45) is 4.82. The molecule has 0 spiro atoms. The van der Waals surface area contributed by atoms with Crippen molar-refractivity contribution in [2.24, 2.45) is 5.73 Å². The molecular weight excluding hydrogens is 194 g/mol. The Kier molecular flexibility index (Phi) is 2.19. The number of carboxylic acids is 1. The quantitative estimate of drug-likeness (QED) is 0.740. The van der Waals surface area contributed by atoms with E-state index in [-0.39, 0.29) is 0 Å². The molecule has 2 rings (SSSR count). The topological polar surface area (TPSA) is 89.1 Å². The van der Waals surface area contributed by atoms with E-state index < -0.39 is 17.4 Å². The number of aromatic nitrogens is 2. The molecule has 5 heteroatoms. The summed E-state index contributed by atoms with van der Waals surface area (Å²) in [7, 11) is 0. The Hall–Kier alpha value is -1.49. The highest BCUT2D eigenvalue weighted by Crippen LogP contribution is 2.49. The lowest BCUT2D eigenvalue weighted by atomic mass is 9.93. The van der Waals surface area contributed by atoms with Crippen molar-refractivity contribution >= 4 is 5.97 Å². The van der Waals surface area contributed by atoms with E-state index in [1.807, 2.05) is 6.92 Å². The molecule has 1 aliphatic rings. The zero-order chi connectivity index (χ0) is 11.1. The van der Waals surface area contributed by atoms with Gasteiger partial charge in [-0.25, -0.2) is 0 Å². The molecule has 0 aliphatic heterocycles. The Morgan fingerprint density at radius 1 is 1.53 bits per heavy atom. The van der Waals surface area contributed by atoms with Gasteiger partial charge in [0.1, 0.15) is 6.04 Å². The third-order valence-electron chi connectivity index (χ3n) is 2.94. The molecule has 0 saturated heterocycles. The van der Waals surface area contributed by atoms with E-state index in [4.69, 9.17) is 10.8 Å². The molecule has 1 aliphatic carbocycles. The Bertz CT molecular complexity index is 384. The van der Waals surface area contributed by atoms with Crippen molar-refractivity contribution in [1.82, 2.24) is 9.97 Å². The summed E-state index contributed by atoms with van der Waals surface area (Å²) in [6.45, 7) is 1.84. The van der Waals surface area contributed by atoms with Crippen LogP contribution in [0.3, 0.4) is 0 Å². The fraction of sp³-hybridized carbons (Fsp3) is 0.500. The highest BCUT2D eigenvalue weighted by molar-refractivity contribution is 5.76. The largest absolute Gasteiger partial charge is 0.480 e. The molecule has 15 heavy (non-hydrogen) atoms. The third kappa shape index (κ3) is 1.59. The van der Waals surface area contributed by atoms with Gasteiger partial charge in [0.2, 0.25) is 0 Å². The van der Waals surface area contributed by atoms with E-state index in [1.54, 1.807) is 12.4 Å². The van der Waals surface area contributed by atoms with Gasteiger partial charge in [0.25, 0.3) is 0 Å². The van der Waals surface area contributed by atoms with Crippen LogP contribution in [0.5, 0.6) is 0 Å². The fourth-order valence-electron chi connectivity index (χ4n) is 1.75. The second-order valence-corrected chi connectivity index (χ2v) is 4.02. The SMILES string of the molecule is Cc1cnc(C2(C(N)C(=O)O)CC2)cn1. The van der Waals surface area contributed by atoms with E-state index in [1.165, 1.54) is 0 Å². The number of aliphatic carboxylic acids is 1. The van der Waals surface area contributed by atoms with Gasteiger partial charge in [-0.1, -0.05) is 0 Å². The molecule has 1 saturated carbocycles. The zero-order valence-corrected chi connectivity index (χ0v) is 8.47. The zero-order valence-electron chi connectivity index (χ0n) is 8.47. The van der Waals surface area contributed by atoms with Gasteiger partial charge in [0, 0.05) is 17.8 Å². The van der Waals surface area contributed by atoms with E-state index in [0.29, 0.717) is 5.69 Å². The smallest absolute Gasteiger partial charge is 0.321 e. The average molecular weight is 207 g/mol. The molecule has 3 N–H and O–H groups in total. The average Bonchev–Trinajstić information content (AvgIpc) is 2.99. The van der Waals surface area contributed by atoms with Crippen LogP contribution in [0, 0.1) is 6.92 Å². The first-order valence-corrected chi connectivity index (χ1v) is 4.84. The van der Waals surface area contributed by atoms with Gasteiger partial charge in [0.15, 0.2) is 0 Å². The third-order valence-corrected chi connectivity index (χ3v) is 2.94. The van der Waals surface area contributed by atoms with Gasteiger partial charge in [-0.2, -0.15) is 0 Å². The molecule has 0 aromatic carbocycles. The lowest BCUT2D eigenvalue weighted by Gasteiger charge is -2.18.